The van der Waals surface area contributed by atoms with Crippen LogP contribution in [0.15, 0.2) is 25.3 Å². The van der Waals surface area contributed by atoms with Crippen molar-refractivity contribution in [1.29, 1.82) is 0 Å². The zero-order valence-electron chi connectivity index (χ0n) is 21.9. The Hall–Kier alpha value is -1.71. The monoisotopic (exact) mass is 567 g/mol. The minimum absolute atomic E-state index is 0.0827. The second-order valence-electron chi connectivity index (χ2n) is 10.4. The van der Waals surface area contributed by atoms with Crippen molar-refractivity contribution in [2.45, 2.75) is 81.5 Å². The Kier molecular flexibility index (Phi) is 9.80. The zero-order valence-corrected chi connectivity index (χ0v) is 23.5. The number of halogens is 1. The van der Waals surface area contributed by atoms with E-state index in [0.717, 1.165) is 12.8 Å². The maximum atomic E-state index is 14.1. The molecule has 3 aliphatic rings. The standard InChI is InChI=1S/C27H42BrN3O5/c1-6-12-29(13-7-2)24(33)20-21-25(34)31(15-10-9-11-16-32)23(26(35)30(14-8-3)18(4)5)27(21)17-19(28)22(20)36-27/h6,8,18-23,32H,1,3,7,9-17H2,2,4-5H3/t19?,20-,21-,22-,23?,27?/m0/s1. The van der Waals surface area contributed by atoms with Crippen LogP contribution < -0.4 is 0 Å². The van der Waals surface area contributed by atoms with Crippen molar-refractivity contribution in [3.8, 4) is 0 Å². The van der Waals surface area contributed by atoms with Crippen molar-refractivity contribution in [1.82, 2.24) is 14.7 Å². The Labute approximate surface area is 223 Å². The van der Waals surface area contributed by atoms with Gasteiger partial charge in [0, 0.05) is 43.7 Å². The first-order valence-electron chi connectivity index (χ1n) is 13.2. The van der Waals surface area contributed by atoms with Gasteiger partial charge in [0.25, 0.3) is 0 Å². The normalized spacial score (nSPS) is 30.6. The molecule has 3 saturated heterocycles. The fourth-order valence-electron chi connectivity index (χ4n) is 6.28. The van der Waals surface area contributed by atoms with Crippen LogP contribution in [0, 0.1) is 11.8 Å². The number of hydrogen-bond acceptors (Lipinski definition) is 5. The molecule has 1 N–H and O–H groups in total. The first-order chi connectivity index (χ1) is 17.2. The number of amides is 3. The maximum absolute atomic E-state index is 14.1. The van der Waals surface area contributed by atoms with Gasteiger partial charge in [-0.1, -0.05) is 35.0 Å². The number of carbonyl (C=O) groups is 3. The lowest BCUT2D eigenvalue weighted by atomic mass is 9.70. The Morgan fingerprint density at radius 1 is 1.22 bits per heavy atom. The van der Waals surface area contributed by atoms with E-state index in [0.29, 0.717) is 45.4 Å². The predicted octanol–water partition coefficient (Wildman–Crippen LogP) is 2.74. The van der Waals surface area contributed by atoms with E-state index in [9.17, 15) is 19.5 Å². The minimum Gasteiger partial charge on any atom is -0.396 e. The molecular formula is C27H42BrN3O5. The van der Waals surface area contributed by atoms with E-state index in [-0.39, 0.29) is 35.2 Å². The summed E-state index contributed by atoms with van der Waals surface area (Å²) in [4.78, 5) is 47.0. The van der Waals surface area contributed by atoms with Gasteiger partial charge in [-0.05, 0) is 46.0 Å². The third kappa shape index (κ3) is 5.03. The molecule has 0 saturated carbocycles. The third-order valence-corrected chi connectivity index (χ3v) is 8.60. The summed E-state index contributed by atoms with van der Waals surface area (Å²) in [6.45, 7) is 15.3. The number of unbranched alkanes of at least 4 members (excludes halogenated alkanes) is 2. The van der Waals surface area contributed by atoms with Crippen molar-refractivity contribution < 1.29 is 24.2 Å². The van der Waals surface area contributed by atoms with Crippen LogP contribution >= 0.6 is 15.9 Å². The van der Waals surface area contributed by atoms with Crippen molar-refractivity contribution in [2.75, 3.05) is 32.8 Å². The summed E-state index contributed by atoms with van der Waals surface area (Å²) in [5.74, 6) is -1.78. The fourth-order valence-corrected chi connectivity index (χ4v) is 7.22. The summed E-state index contributed by atoms with van der Waals surface area (Å²) in [6.07, 6.45) is 6.28. The Morgan fingerprint density at radius 3 is 2.50 bits per heavy atom. The summed E-state index contributed by atoms with van der Waals surface area (Å²) in [7, 11) is 0. The highest BCUT2D eigenvalue weighted by atomic mass is 79.9. The molecule has 0 aromatic heterocycles. The number of carbonyl (C=O) groups excluding carboxylic acids is 3. The highest BCUT2D eigenvalue weighted by Crippen LogP contribution is 2.60. The molecule has 36 heavy (non-hydrogen) atoms. The number of ether oxygens (including phenoxy) is 1. The highest BCUT2D eigenvalue weighted by Gasteiger charge is 2.76. The van der Waals surface area contributed by atoms with E-state index in [1.165, 1.54) is 0 Å². The van der Waals surface area contributed by atoms with Crippen molar-refractivity contribution in [3.63, 3.8) is 0 Å². The number of rotatable bonds is 14. The molecule has 9 heteroatoms. The molecule has 0 aromatic carbocycles. The van der Waals surface area contributed by atoms with Crippen LogP contribution in [0.2, 0.25) is 0 Å². The van der Waals surface area contributed by atoms with Gasteiger partial charge in [-0.3, -0.25) is 14.4 Å². The molecule has 202 valence electrons. The number of fused-ring (bicyclic) bond motifs is 1. The second-order valence-corrected chi connectivity index (χ2v) is 11.6. The van der Waals surface area contributed by atoms with Gasteiger partial charge in [0.2, 0.25) is 17.7 Å². The van der Waals surface area contributed by atoms with E-state index >= 15 is 0 Å². The third-order valence-electron chi connectivity index (χ3n) is 7.75. The number of aliphatic hydroxyl groups excluding tert-OH is 1. The molecule has 3 heterocycles. The summed E-state index contributed by atoms with van der Waals surface area (Å²) in [5, 5.41) is 9.20. The van der Waals surface area contributed by atoms with E-state index in [4.69, 9.17) is 4.74 Å². The molecule has 1 spiro atoms. The van der Waals surface area contributed by atoms with Gasteiger partial charge in [-0.15, -0.1) is 13.2 Å². The molecule has 0 aliphatic carbocycles. The van der Waals surface area contributed by atoms with E-state index in [1.807, 2.05) is 20.8 Å². The topological polar surface area (TPSA) is 90.4 Å². The van der Waals surface area contributed by atoms with Gasteiger partial charge >= 0.3 is 0 Å². The van der Waals surface area contributed by atoms with Gasteiger partial charge in [0.15, 0.2) is 0 Å². The van der Waals surface area contributed by atoms with Crippen LogP contribution in [0.5, 0.6) is 0 Å². The molecule has 3 amide bonds. The largest absolute Gasteiger partial charge is 0.396 e. The molecular weight excluding hydrogens is 526 g/mol. The first kappa shape index (κ1) is 28.9. The van der Waals surface area contributed by atoms with E-state index < -0.39 is 29.6 Å². The summed E-state index contributed by atoms with van der Waals surface area (Å²) in [6, 6.07) is -0.880. The van der Waals surface area contributed by atoms with Crippen LogP contribution in [0.4, 0.5) is 0 Å². The van der Waals surface area contributed by atoms with Crippen molar-refractivity contribution in [2.24, 2.45) is 11.8 Å². The van der Waals surface area contributed by atoms with Crippen LogP contribution in [0.25, 0.3) is 0 Å². The Balaban J connectivity index is 2.03. The first-order valence-corrected chi connectivity index (χ1v) is 14.2. The molecule has 8 nitrogen and oxygen atoms in total. The van der Waals surface area contributed by atoms with Crippen molar-refractivity contribution in [3.05, 3.63) is 25.3 Å². The van der Waals surface area contributed by atoms with Gasteiger partial charge < -0.3 is 24.5 Å². The van der Waals surface area contributed by atoms with Crippen LogP contribution in [0.1, 0.15) is 52.9 Å². The Morgan fingerprint density at radius 2 is 1.92 bits per heavy atom. The van der Waals surface area contributed by atoms with Crippen LogP contribution in [-0.4, -0.2) is 98.9 Å². The van der Waals surface area contributed by atoms with E-state index in [2.05, 4.69) is 29.1 Å². The highest BCUT2D eigenvalue weighted by molar-refractivity contribution is 9.09. The molecule has 3 rings (SSSR count). The molecule has 0 radical (unpaired) electrons. The second kappa shape index (κ2) is 12.2. The number of aliphatic hydroxyl groups is 1. The zero-order chi connectivity index (χ0) is 26.6. The van der Waals surface area contributed by atoms with Gasteiger partial charge in [0.05, 0.1) is 17.9 Å². The van der Waals surface area contributed by atoms with Crippen LogP contribution in [-0.2, 0) is 19.1 Å². The van der Waals surface area contributed by atoms with Crippen molar-refractivity contribution >= 4 is 33.7 Å². The molecule has 3 aliphatic heterocycles. The quantitative estimate of drug-likeness (QED) is 0.198. The number of alkyl halides is 1. The average Bonchev–Trinajstić information content (AvgIpc) is 3.42. The summed E-state index contributed by atoms with van der Waals surface area (Å²) in [5.41, 5.74) is -1.05. The minimum atomic E-state index is -1.05. The number of nitrogens with zero attached hydrogens (tertiary/aromatic N) is 3. The van der Waals surface area contributed by atoms with Gasteiger partial charge in [-0.25, -0.2) is 0 Å². The van der Waals surface area contributed by atoms with Crippen LogP contribution in [0.3, 0.4) is 0 Å². The SMILES string of the molecule is C=CCN(CCC)C(=O)[C@H]1[C@H]2C(=O)N(CCCCCO)C(C(=O)N(CC=C)C(C)C)C23CC(Br)[C@@H]1O3. The fraction of sp³-hybridized carbons (Fsp3) is 0.741. The van der Waals surface area contributed by atoms with Gasteiger partial charge in [-0.2, -0.15) is 0 Å². The lowest BCUT2D eigenvalue weighted by Gasteiger charge is -2.38. The lowest BCUT2D eigenvalue weighted by Crippen LogP contribution is -2.58. The molecule has 0 aromatic rings. The lowest BCUT2D eigenvalue weighted by molar-refractivity contribution is -0.149. The summed E-state index contributed by atoms with van der Waals surface area (Å²) < 4.78 is 6.61. The molecule has 2 bridgehead atoms. The van der Waals surface area contributed by atoms with Gasteiger partial charge in [0.1, 0.15) is 11.6 Å². The molecule has 3 fully saturated rings. The number of hydrogen-bond donors (Lipinski definition) is 1. The maximum Gasteiger partial charge on any atom is 0.248 e. The number of likely N-dealkylation sites (tertiary alicyclic amines) is 1. The van der Waals surface area contributed by atoms with E-state index in [1.54, 1.807) is 26.9 Å². The Bertz CT molecular complexity index is 851. The summed E-state index contributed by atoms with van der Waals surface area (Å²) >= 11 is 3.73. The molecule has 3 unspecified atom stereocenters. The smallest absolute Gasteiger partial charge is 0.248 e. The predicted molar refractivity (Wildman–Crippen MR) is 142 cm³/mol. The average molecular weight is 569 g/mol. The molecule has 6 atom stereocenters.